The summed E-state index contributed by atoms with van der Waals surface area (Å²) in [5, 5.41) is 5.02. The van der Waals surface area contributed by atoms with Crippen LogP contribution >= 0.6 is 11.3 Å². The predicted molar refractivity (Wildman–Crippen MR) is 159 cm³/mol. The first-order valence-electron chi connectivity index (χ1n) is 12.7. The van der Waals surface area contributed by atoms with Crippen LogP contribution in [-0.4, -0.2) is 32.1 Å². The lowest BCUT2D eigenvalue weighted by molar-refractivity contribution is 0.101. The quantitative estimate of drug-likeness (QED) is 0.179. The molecule has 0 saturated carbocycles. The Bertz CT molecular complexity index is 1540. The predicted octanol–water partition coefficient (Wildman–Crippen LogP) is 7.88. The second-order valence-electron chi connectivity index (χ2n) is 11.2. The maximum absolute atomic E-state index is 13.4. The van der Waals surface area contributed by atoms with Crippen molar-refractivity contribution >= 4 is 58.2 Å². The van der Waals surface area contributed by atoms with E-state index < -0.39 is 8.32 Å². The number of nitrogens with one attached hydrogen (secondary N) is 1. The molecular formula is C30H36N2O4SSi. The zero-order chi connectivity index (χ0) is 27.8. The number of carbonyl (C=O) groups excluding carboxylic acids is 2. The van der Waals surface area contributed by atoms with Crippen molar-refractivity contribution in [2.24, 2.45) is 0 Å². The first-order valence-corrected chi connectivity index (χ1v) is 16.5. The number of rotatable bonds is 8. The molecule has 8 heteroatoms. The SMILES string of the molecule is COCc1ccc(C(C)=O)c2sc(C(=O)Nc3ccc4c(CO[Si](C)(C)C(C)(C)C)cccc4n3)c(C)c12. The summed E-state index contributed by atoms with van der Waals surface area (Å²) in [6.45, 7) is 15.6. The fourth-order valence-corrected chi connectivity index (χ4v) is 6.52. The molecule has 1 N–H and O–H groups in total. The molecule has 0 saturated heterocycles. The largest absolute Gasteiger partial charge is 0.413 e. The zero-order valence-electron chi connectivity index (χ0n) is 23.4. The number of ether oxygens (including phenoxy) is 1. The minimum absolute atomic E-state index is 0.0308. The molecule has 2 aromatic carbocycles. The molecule has 0 aliphatic heterocycles. The van der Waals surface area contributed by atoms with Gasteiger partial charge in [0.2, 0.25) is 0 Å². The van der Waals surface area contributed by atoms with Gasteiger partial charge >= 0.3 is 0 Å². The minimum Gasteiger partial charge on any atom is -0.413 e. The molecule has 4 aromatic rings. The first-order chi connectivity index (χ1) is 17.8. The summed E-state index contributed by atoms with van der Waals surface area (Å²) in [7, 11) is -0.256. The molecule has 0 unspecified atom stereocenters. The summed E-state index contributed by atoms with van der Waals surface area (Å²) in [5.41, 5.74) is 4.29. The first kappa shape index (κ1) is 28.1. The lowest BCUT2D eigenvalue weighted by atomic mass is 10.0. The van der Waals surface area contributed by atoms with Crippen molar-refractivity contribution in [1.29, 1.82) is 0 Å². The average molecular weight is 549 g/mol. The Hall–Kier alpha value is -2.91. The molecule has 2 aromatic heterocycles. The van der Waals surface area contributed by atoms with Crippen molar-refractivity contribution in [2.45, 2.75) is 66.0 Å². The van der Waals surface area contributed by atoms with E-state index in [0.29, 0.717) is 29.5 Å². The van der Waals surface area contributed by atoms with E-state index in [2.05, 4.69) is 45.2 Å². The van der Waals surface area contributed by atoms with Gasteiger partial charge in [0.1, 0.15) is 5.82 Å². The summed E-state index contributed by atoms with van der Waals surface area (Å²) < 4.78 is 12.6. The standard InChI is InChI=1S/C30H36N2O4SSi/c1-18-26-21(16-35-6)12-13-22(19(2)33)28(26)37-27(18)29(34)32-25-15-14-23-20(10-9-11-24(23)31-25)17-36-38(7,8)30(3,4)5/h9-15H,16-17H2,1-8H3,(H,31,32,34). The second-order valence-corrected chi connectivity index (χ2v) is 17.0. The van der Waals surface area contributed by atoms with E-state index in [1.54, 1.807) is 14.0 Å². The third kappa shape index (κ3) is 5.45. The second kappa shape index (κ2) is 10.7. The molecule has 0 aliphatic carbocycles. The van der Waals surface area contributed by atoms with Gasteiger partial charge < -0.3 is 14.5 Å². The average Bonchev–Trinajstić information content (AvgIpc) is 3.19. The van der Waals surface area contributed by atoms with Crippen LogP contribution in [0.5, 0.6) is 0 Å². The number of fused-ring (bicyclic) bond motifs is 2. The van der Waals surface area contributed by atoms with Crippen LogP contribution in [0, 0.1) is 6.92 Å². The van der Waals surface area contributed by atoms with Gasteiger partial charge in [-0.3, -0.25) is 9.59 Å². The Kier molecular flexibility index (Phi) is 7.90. The van der Waals surface area contributed by atoms with E-state index in [0.717, 1.165) is 37.7 Å². The number of hydrogen-bond donors (Lipinski definition) is 1. The van der Waals surface area contributed by atoms with Crippen LogP contribution < -0.4 is 5.32 Å². The molecule has 4 rings (SSSR count). The Morgan fingerprint density at radius 2 is 1.76 bits per heavy atom. The Morgan fingerprint density at radius 3 is 2.42 bits per heavy atom. The van der Waals surface area contributed by atoms with E-state index in [-0.39, 0.29) is 16.7 Å². The van der Waals surface area contributed by atoms with Gasteiger partial charge in [0.05, 0.1) is 23.6 Å². The number of Topliss-reactive ketones (excluding diaryl/α,β-unsaturated/α-hetero) is 1. The Morgan fingerprint density at radius 1 is 1.03 bits per heavy atom. The van der Waals surface area contributed by atoms with Crippen molar-refractivity contribution in [3.8, 4) is 0 Å². The molecule has 0 bridgehead atoms. The van der Waals surface area contributed by atoms with Crippen LogP contribution in [-0.2, 0) is 22.4 Å². The van der Waals surface area contributed by atoms with Crippen molar-refractivity contribution in [3.63, 3.8) is 0 Å². The highest BCUT2D eigenvalue weighted by Crippen LogP contribution is 2.38. The number of nitrogens with zero attached hydrogens (tertiary/aromatic N) is 1. The fourth-order valence-electron chi connectivity index (χ4n) is 4.26. The summed E-state index contributed by atoms with van der Waals surface area (Å²) in [5.74, 6) is 0.202. The number of carbonyl (C=O) groups is 2. The van der Waals surface area contributed by atoms with Crippen molar-refractivity contribution in [1.82, 2.24) is 4.98 Å². The lowest BCUT2D eigenvalue weighted by Gasteiger charge is -2.36. The van der Waals surface area contributed by atoms with Gasteiger partial charge in [-0.05, 0) is 72.9 Å². The molecule has 0 fully saturated rings. The van der Waals surface area contributed by atoms with Gasteiger partial charge in [0.15, 0.2) is 14.1 Å². The number of aromatic nitrogens is 1. The van der Waals surface area contributed by atoms with E-state index in [1.165, 1.54) is 11.3 Å². The van der Waals surface area contributed by atoms with Crippen LogP contribution in [0.4, 0.5) is 5.82 Å². The van der Waals surface area contributed by atoms with E-state index in [4.69, 9.17) is 14.1 Å². The van der Waals surface area contributed by atoms with E-state index in [1.807, 2.05) is 43.3 Å². The summed E-state index contributed by atoms with van der Waals surface area (Å²) in [6.07, 6.45) is 0. The summed E-state index contributed by atoms with van der Waals surface area (Å²) in [6, 6.07) is 13.5. The normalized spacial score (nSPS) is 12.3. The van der Waals surface area contributed by atoms with E-state index >= 15 is 0 Å². The number of ketones is 1. The number of anilines is 1. The monoisotopic (exact) mass is 548 g/mol. The number of benzene rings is 2. The third-order valence-electron chi connectivity index (χ3n) is 7.51. The number of amides is 1. The maximum Gasteiger partial charge on any atom is 0.267 e. The van der Waals surface area contributed by atoms with E-state index in [9.17, 15) is 9.59 Å². The van der Waals surface area contributed by atoms with Crippen molar-refractivity contribution in [2.75, 3.05) is 12.4 Å². The van der Waals surface area contributed by atoms with Gasteiger partial charge in [0, 0.05) is 28.1 Å². The van der Waals surface area contributed by atoms with Crippen LogP contribution in [0.3, 0.4) is 0 Å². The maximum atomic E-state index is 13.4. The summed E-state index contributed by atoms with van der Waals surface area (Å²) >= 11 is 1.33. The molecular weight excluding hydrogens is 512 g/mol. The van der Waals surface area contributed by atoms with Gasteiger partial charge in [-0.25, -0.2) is 4.98 Å². The Balaban J connectivity index is 1.63. The van der Waals surface area contributed by atoms with Crippen LogP contribution in [0.15, 0.2) is 42.5 Å². The smallest absolute Gasteiger partial charge is 0.267 e. The molecule has 0 radical (unpaired) electrons. The molecule has 0 aliphatic rings. The van der Waals surface area contributed by atoms with Crippen LogP contribution in [0.25, 0.3) is 21.0 Å². The van der Waals surface area contributed by atoms with Gasteiger partial charge in [-0.1, -0.05) is 39.0 Å². The van der Waals surface area contributed by atoms with Gasteiger partial charge in [-0.2, -0.15) is 0 Å². The molecule has 0 atom stereocenters. The van der Waals surface area contributed by atoms with Crippen molar-refractivity contribution < 1.29 is 18.8 Å². The molecule has 1 amide bonds. The fraction of sp³-hybridized carbons (Fsp3) is 0.367. The molecule has 0 spiro atoms. The topological polar surface area (TPSA) is 77.5 Å². The number of aryl methyl sites for hydroxylation is 1. The van der Waals surface area contributed by atoms with Crippen LogP contribution in [0.1, 0.15) is 64.4 Å². The van der Waals surface area contributed by atoms with Crippen molar-refractivity contribution in [3.05, 3.63) is 69.6 Å². The van der Waals surface area contributed by atoms with Gasteiger partial charge in [0.25, 0.3) is 5.91 Å². The number of pyridine rings is 1. The minimum atomic E-state index is -1.89. The number of methoxy groups -OCH3 is 1. The molecule has 38 heavy (non-hydrogen) atoms. The molecule has 2 heterocycles. The number of hydrogen-bond acceptors (Lipinski definition) is 6. The highest BCUT2D eigenvalue weighted by Gasteiger charge is 2.37. The molecule has 200 valence electrons. The number of thiophene rings is 1. The zero-order valence-corrected chi connectivity index (χ0v) is 25.3. The molecule has 6 nitrogen and oxygen atoms in total. The third-order valence-corrected chi connectivity index (χ3v) is 13.3. The summed E-state index contributed by atoms with van der Waals surface area (Å²) in [4.78, 5) is 30.9. The van der Waals surface area contributed by atoms with Gasteiger partial charge in [-0.15, -0.1) is 11.3 Å². The van der Waals surface area contributed by atoms with Crippen LogP contribution in [0.2, 0.25) is 18.1 Å². The highest BCUT2D eigenvalue weighted by molar-refractivity contribution is 7.21. The lowest BCUT2D eigenvalue weighted by Crippen LogP contribution is -2.40. The Labute approximate surface area is 229 Å². The highest BCUT2D eigenvalue weighted by atomic mass is 32.1.